The third-order valence-corrected chi connectivity index (χ3v) is 3.42. The number of amides is 1. The lowest BCUT2D eigenvalue weighted by Crippen LogP contribution is -2.26. The van der Waals surface area contributed by atoms with E-state index in [4.69, 9.17) is 0 Å². The fraction of sp³-hybridized carbons (Fsp3) is 0.118. The first kappa shape index (κ1) is 12.6. The first-order valence-electron chi connectivity index (χ1n) is 6.57. The molecule has 0 aromatic heterocycles. The van der Waals surface area contributed by atoms with Crippen LogP contribution in [0.15, 0.2) is 54.6 Å². The second-order valence-corrected chi connectivity index (χ2v) is 4.76. The van der Waals surface area contributed by atoms with Crippen LogP contribution in [0.2, 0.25) is 0 Å². The number of hydrogen-bond donors (Lipinski definition) is 0. The number of carbonyl (C=O) groups excluding carboxylic acids is 1. The Morgan fingerprint density at radius 3 is 2.85 bits per heavy atom. The normalized spacial score (nSPS) is 13.8. The number of anilines is 1. The van der Waals surface area contributed by atoms with Gasteiger partial charge in [0, 0.05) is 18.3 Å². The van der Waals surface area contributed by atoms with Gasteiger partial charge in [0.2, 0.25) is 0 Å². The van der Waals surface area contributed by atoms with Crippen molar-refractivity contribution in [1.82, 2.24) is 0 Å². The molecule has 100 valence electrons. The molecule has 1 aliphatic heterocycles. The number of carbonyl (C=O) groups is 1. The minimum Gasteiger partial charge on any atom is -0.308 e. The van der Waals surface area contributed by atoms with Crippen molar-refractivity contribution in [3.05, 3.63) is 71.6 Å². The average molecular weight is 267 g/mol. The van der Waals surface area contributed by atoms with Crippen LogP contribution < -0.4 is 4.90 Å². The van der Waals surface area contributed by atoms with Crippen LogP contribution in [0.3, 0.4) is 0 Å². The van der Waals surface area contributed by atoms with Crippen molar-refractivity contribution in [1.29, 1.82) is 0 Å². The lowest BCUT2D eigenvalue weighted by molar-refractivity contribution is -0.114. The van der Waals surface area contributed by atoms with E-state index in [0.29, 0.717) is 12.1 Å². The summed E-state index contributed by atoms with van der Waals surface area (Å²) in [5.74, 6) is -0.370. The zero-order chi connectivity index (χ0) is 13.9. The molecule has 0 spiro atoms. The van der Waals surface area contributed by atoms with E-state index in [0.717, 1.165) is 12.1 Å². The van der Waals surface area contributed by atoms with Crippen molar-refractivity contribution in [2.24, 2.45) is 0 Å². The lowest BCUT2D eigenvalue weighted by Gasteiger charge is -2.14. The van der Waals surface area contributed by atoms with E-state index >= 15 is 0 Å². The molecular formula is C17H14FNO. The molecule has 0 saturated heterocycles. The van der Waals surface area contributed by atoms with Gasteiger partial charge in [-0.25, -0.2) is 4.39 Å². The molecular weight excluding hydrogens is 253 g/mol. The Kier molecular flexibility index (Phi) is 3.33. The quantitative estimate of drug-likeness (QED) is 0.763. The Labute approximate surface area is 117 Å². The summed E-state index contributed by atoms with van der Waals surface area (Å²) in [7, 11) is 0. The molecule has 0 atom stereocenters. The van der Waals surface area contributed by atoms with Crippen LogP contribution in [0.25, 0.3) is 6.08 Å². The van der Waals surface area contributed by atoms with Gasteiger partial charge in [-0.2, -0.15) is 0 Å². The third-order valence-electron chi connectivity index (χ3n) is 3.42. The summed E-state index contributed by atoms with van der Waals surface area (Å²) in [5.41, 5.74) is 2.85. The van der Waals surface area contributed by atoms with Crippen LogP contribution in [-0.4, -0.2) is 12.5 Å². The number of hydrogen-bond acceptors (Lipinski definition) is 1. The molecule has 3 rings (SSSR count). The lowest BCUT2D eigenvalue weighted by atomic mass is 10.2. The monoisotopic (exact) mass is 267 g/mol. The topological polar surface area (TPSA) is 20.3 Å². The molecule has 0 fully saturated rings. The van der Waals surface area contributed by atoms with E-state index in [2.05, 4.69) is 0 Å². The Morgan fingerprint density at radius 2 is 2.00 bits per heavy atom. The van der Waals surface area contributed by atoms with E-state index in [-0.39, 0.29) is 11.7 Å². The van der Waals surface area contributed by atoms with Crippen LogP contribution >= 0.6 is 0 Å². The van der Waals surface area contributed by atoms with Crippen LogP contribution in [-0.2, 0) is 11.2 Å². The van der Waals surface area contributed by atoms with Crippen LogP contribution in [0.4, 0.5) is 10.1 Å². The molecule has 0 bridgehead atoms. The Morgan fingerprint density at radius 1 is 1.15 bits per heavy atom. The van der Waals surface area contributed by atoms with Gasteiger partial charge in [-0.3, -0.25) is 4.79 Å². The first-order valence-corrected chi connectivity index (χ1v) is 6.57. The third kappa shape index (κ3) is 2.48. The zero-order valence-corrected chi connectivity index (χ0v) is 10.9. The molecule has 0 radical (unpaired) electrons. The highest BCUT2D eigenvalue weighted by Crippen LogP contribution is 2.27. The van der Waals surface area contributed by atoms with Crippen molar-refractivity contribution >= 4 is 17.7 Å². The van der Waals surface area contributed by atoms with Gasteiger partial charge in [0.15, 0.2) is 0 Å². The molecule has 20 heavy (non-hydrogen) atoms. The van der Waals surface area contributed by atoms with Crippen molar-refractivity contribution < 1.29 is 9.18 Å². The van der Waals surface area contributed by atoms with Gasteiger partial charge in [-0.15, -0.1) is 0 Å². The smallest absolute Gasteiger partial charge is 0.251 e. The average Bonchev–Trinajstić information content (AvgIpc) is 2.89. The standard InChI is InChI=1S/C17H14FNO/c18-15-6-3-4-13(12-15)8-9-17(20)19-11-10-14-5-1-2-7-16(14)19/h1-9,12H,10-11H2. The SMILES string of the molecule is O=C(C=Cc1cccc(F)c1)N1CCc2ccccc21. The number of nitrogens with zero attached hydrogens (tertiary/aromatic N) is 1. The summed E-state index contributed by atoms with van der Waals surface area (Å²) in [5, 5.41) is 0. The van der Waals surface area contributed by atoms with Gasteiger partial charge in [-0.1, -0.05) is 30.3 Å². The minimum absolute atomic E-state index is 0.0702. The summed E-state index contributed by atoms with van der Waals surface area (Å²) in [6.45, 7) is 0.700. The largest absolute Gasteiger partial charge is 0.308 e. The summed E-state index contributed by atoms with van der Waals surface area (Å²) >= 11 is 0. The van der Waals surface area contributed by atoms with Crippen molar-refractivity contribution in [3.8, 4) is 0 Å². The van der Waals surface area contributed by atoms with Crippen molar-refractivity contribution in [2.75, 3.05) is 11.4 Å². The number of benzene rings is 2. The number of fused-ring (bicyclic) bond motifs is 1. The molecule has 0 aliphatic carbocycles. The predicted octanol–water partition coefficient (Wildman–Crippen LogP) is 3.43. The second kappa shape index (κ2) is 5.29. The summed E-state index contributed by atoms with van der Waals surface area (Å²) in [6, 6.07) is 14.1. The molecule has 3 heteroatoms. The van der Waals surface area contributed by atoms with E-state index < -0.39 is 0 Å². The molecule has 1 aliphatic rings. The fourth-order valence-corrected chi connectivity index (χ4v) is 2.43. The highest BCUT2D eigenvalue weighted by molar-refractivity contribution is 6.05. The number of halogens is 1. The summed E-state index contributed by atoms with van der Waals surface area (Å²) in [6.07, 6.45) is 4.03. The summed E-state index contributed by atoms with van der Waals surface area (Å²) < 4.78 is 13.1. The first-order chi connectivity index (χ1) is 9.74. The molecule has 2 aromatic rings. The molecule has 1 amide bonds. The minimum atomic E-state index is -0.300. The molecule has 1 heterocycles. The van der Waals surface area contributed by atoms with Gasteiger partial charge >= 0.3 is 0 Å². The molecule has 2 nitrogen and oxygen atoms in total. The molecule has 0 saturated carbocycles. The van der Waals surface area contributed by atoms with Crippen LogP contribution in [0, 0.1) is 5.82 Å². The van der Waals surface area contributed by atoms with Crippen LogP contribution in [0.5, 0.6) is 0 Å². The van der Waals surface area contributed by atoms with Crippen molar-refractivity contribution in [2.45, 2.75) is 6.42 Å². The summed E-state index contributed by atoms with van der Waals surface area (Å²) in [4.78, 5) is 14.0. The van der Waals surface area contributed by atoms with Gasteiger partial charge in [0.05, 0.1) is 0 Å². The van der Waals surface area contributed by atoms with E-state index in [1.807, 2.05) is 24.3 Å². The maximum Gasteiger partial charge on any atom is 0.251 e. The van der Waals surface area contributed by atoms with E-state index in [9.17, 15) is 9.18 Å². The number of para-hydroxylation sites is 1. The van der Waals surface area contributed by atoms with Crippen molar-refractivity contribution in [3.63, 3.8) is 0 Å². The van der Waals surface area contributed by atoms with Gasteiger partial charge in [0.1, 0.15) is 5.82 Å². The van der Waals surface area contributed by atoms with E-state index in [1.54, 1.807) is 23.1 Å². The Balaban J connectivity index is 1.78. The van der Waals surface area contributed by atoms with Gasteiger partial charge < -0.3 is 4.90 Å². The molecule has 2 aromatic carbocycles. The molecule has 0 N–H and O–H groups in total. The predicted molar refractivity (Wildman–Crippen MR) is 77.9 cm³/mol. The van der Waals surface area contributed by atoms with Gasteiger partial charge in [-0.05, 0) is 41.8 Å². The van der Waals surface area contributed by atoms with Gasteiger partial charge in [0.25, 0.3) is 5.91 Å². The van der Waals surface area contributed by atoms with E-state index in [1.165, 1.54) is 23.8 Å². The highest BCUT2D eigenvalue weighted by atomic mass is 19.1. The maximum absolute atomic E-state index is 13.1. The zero-order valence-electron chi connectivity index (χ0n) is 10.9. The Hall–Kier alpha value is -2.42. The second-order valence-electron chi connectivity index (χ2n) is 4.76. The number of rotatable bonds is 2. The maximum atomic E-state index is 13.1. The van der Waals surface area contributed by atoms with Crippen LogP contribution in [0.1, 0.15) is 11.1 Å². The Bertz CT molecular complexity index is 678. The molecule has 0 unspecified atom stereocenters. The highest BCUT2D eigenvalue weighted by Gasteiger charge is 2.22. The fourth-order valence-electron chi connectivity index (χ4n) is 2.43.